The van der Waals surface area contributed by atoms with E-state index >= 15 is 0 Å². The highest BCUT2D eigenvalue weighted by Crippen LogP contribution is 2.20. The molecule has 0 saturated heterocycles. The van der Waals surface area contributed by atoms with E-state index in [9.17, 15) is 4.79 Å². The highest BCUT2D eigenvalue weighted by atomic mass is 16.5. The minimum atomic E-state index is -0.136. The van der Waals surface area contributed by atoms with Crippen molar-refractivity contribution in [1.82, 2.24) is 9.55 Å². The molecule has 1 aliphatic heterocycles. The lowest BCUT2D eigenvalue weighted by Crippen LogP contribution is -2.27. The van der Waals surface area contributed by atoms with Crippen molar-refractivity contribution in [3.8, 4) is 0 Å². The highest BCUT2D eigenvalue weighted by molar-refractivity contribution is 5.72. The first-order valence-corrected chi connectivity index (χ1v) is 5.07. The first kappa shape index (κ1) is 10.2. The van der Waals surface area contributed by atoms with E-state index in [1.807, 2.05) is 10.8 Å². The minimum Gasteiger partial charge on any atom is -0.469 e. The highest BCUT2D eigenvalue weighted by Gasteiger charge is 2.26. The lowest BCUT2D eigenvalue weighted by molar-refractivity contribution is -0.146. The number of fused-ring (bicyclic) bond motifs is 1. The van der Waals surface area contributed by atoms with Gasteiger partial charge >= 0.3 is 5.97 Å². The molecule has 15 heavy (non-hydrogen) atoms. The van der Waals surface area contributed by atoms with E-state index in [0.29, 0.717) is 13.1 Å². The van der Waals surface area contributed by atoms with Crippen LogP contribution in [-0.4, -0.2) is 22.6 Å². The van der Waals surface area contributed by atoms with E-state index in [2.05, 4.69) is 4.98 Å². The van der Waals surface area contributed by atoms with E-state index < -0.39 is 0 Å². The SMILES string of the molecule is COC(=O)C1CCc2nc(CN)cn2C1. The van der Waals surface area contributed by atoms with Crippen molar-refractivity contribution >= 4 is 5.97 Å². The second-order valence-corrected chi connectivity index (χ2v) is 3.76. The summed E-state index contributed by atoms with van der Waals surface area (Å²) in [4.78, 5) is 15.7. The smallest absolute Gasteiger partial charge is 0.310 e. The Labute approximate surface area is 88.2 Å². The zero-order valence-electron chi connectivity index (χ0n) is 8.77. The molecule has 1 atom stereocenters. The summed E-state index contributed by atoms with van der Waals surface area (Å²) in [7, 11) is 1.43. The third kappa shape index (κ3) is 1.87. The normalized spacial score (nSPS) is 19.7. The fourth-order valence-electron chi connectivity index (χ4n) is 1.96. The molecule has 0 radical (unpaired) electrons. The molecule has 0 fully saturated rings. The Balaban J connectivity index is 2.15. The molecule has 0 amide bonds. The van der Waals surface area contributed by atoms with Gasteiger partial charge in [0.25, 0.3) is 0 Å². The Kier molecular flexibility index (Phi) is 2.73. The standard InChI is InChI=1S/C10H15N3O2/c1-15-10(14)7-2-3-9-12-8(4-11)6-13(9)5-7/h6-7H,2-5,11H2,1H3. The molecular formula is C10H15N3O2. The van der Waals surface area contributed by atoms with Gasteiger partial charge in [0, 0.05) is 25.7 Å². The molecule has 0 aliphatic carbocycles. The van der Waals surface area contributed by atoms with Crippen LogP contribution in [0.5, 0.6) is 0 Å². The van der Waals surface area contributed by atoms with Gasteiger partial charge in [0.15, 0.2) is 0 Å². The monoisotopic (exact) mass is 209 g/mol. The Morgan fingerprint density at radius 1 is 1.80 bits per heavy atom. The quantitative estimate of drug-likeness (QED) is 0.700. The lowest BCUT2D eigenvalue weighted by Gasteiger charge is -2.21. The molecule has 2 N–H and O–H groups in total. The summed E-state index contributed by atoms with van der Waals surface area (Å²) in [6, 6.07) is 0. The van der Waals surface area contributed by atoms with Gasteiger partial charge < -0.3 is 15.0 Å². The number of nitrogens with two attached hydrogens (primary N) is 1. The zero-order valence-corrected chi connectivity index (χ0v) is 8.77. The first-order valence-electron chi connectivity index (χ1n) is 5.07. The molecular weight excluding hydrogens is 194 g/mol. The van der Waals surface area contributed by atoms with Crippen molar-refractivity contribution in [2.24, 2.45) is 11.7 Å². The summed E-state index contributed by atoms with van der Waals surface area (Å²) in [5.41, 5.74) is 6.40. The van der Waals surface area contributed by atoms with Gasteiger partial charge in [0.05, 0.1) is 18.7 Å². The molecule has 5 heteroatoms. The largest absolute Gasteiger partial charge is 0.469 e. The van der Waals surface area contributed by atoms with Crippen LogP contribution in [0.3, 0.4) is 0 Å². The summed E-state index contributed by atoms with van der Waals surface area (Å²) < 4.78 is 6.75. The van der Waals surface area contributed by atoms with Gasteiger partial charge in [-0.15, -0.1) is 0 Å². The first-order chi connectivity index (χ1) is 7.24. The Hall–Kier alpha value is -1.36. The molecule has 1 aromatic rings. The van der Waals surface area contributed by atoms with Crippen molar-refractivity contribution < 1.29 is 9.53 Å². The molecule has 2 rings (SSSR count). The Bertz CT molecular complexity index is 373. The van der Waals surface area contributed by atoms with Crippen molar-refractivity contribution in [1.29, 1.82) is 0 Å². The molecule has 82 valence electrons. The Morgan fingerprint density at radius 2 is 2.60 bits per heavy atom. The maximum atomic E-state index is 11.4. The number of carbonyl (C=O) groups is 1. The topological polar surface area (TPSA) is 70.1 Å². The van der Waals surface area contributed by atoms with Crippen LogP contribution in [0, 0.1) is 5.92 Å². The van der Waals surface area contributed by atoms with E-state index in [-0.39, 0.29) is 11.9 Å². The van der Waals surface area contributed by atoms with Crippen molar-refractivity contribution in [2.75, 3.05) is 7.11 Å². The van der Waals surface area contributed by atoms with E-state index in [4.69, 9.17) is 10.5 Å². The summed E-state index contributed by atoms with van der Waals surface area (Å²) >= 11 is 0. The van der Waals surface area contributed by atoms with Crippen LogP contribution < -0.4 is 5.73 Å². The lowest BCUT2D eigenvalue weighted by atomic mass is 10.00. The van der Waals surface area contributed by atoms with E-state index in [0.717, 1.165) is 24.4 Å². The average Bonchev–Trinajstić information content (AvgIpc) is 2.69. The third-order valence-electron chi connectivity index (χ3n) is 2.79. The van der Waals surface area contributed by atoms with Crippen molar-refractivity contribution in [2.45, 2.75) is 25.9 Å². The number of aromatic nitrogens is 2. The second kappa shape index (κ2) is 4.02. The van der Waals surface area contributed by atoms with Crippen molar-refractivity contribution in [3.05, 3.63) is 17.7 Å². The van der Waals surface area contributed by atoms with Gasteiger partial charge in [-0.1, -0.05) is 0 Å². The number of esters is 1. The fourth-order valence-corrected chi connectivity index (χ4v) is 1.96. The molecule has 1 aromatic heterocycles. The maximum Gasteiger partial charge on any atom is 0.310 e. The predicted octanol–water partition coefficient (Wildman–Crippen LogP) is 0.0772. The molecule has 5 nitrogen and oxygen atoms in total. The number of hydrogen-bond donors (Lipinski definition) is 1. The number of methoxy groups -OCH3 is 1. The number of carbonyl (C=O) groups excluding carboxylic acids is 1. The van der Waals surface area contributed by atoms with Gasteiger partial charge in [-0.2, -0.15) is 0 Å². The van der Waals surface area contributed by atoms with E-state index in [1.165, 1.54) is 7.11 Å². The summed E-state index contributed by atoms with van der Waals surface area (Å²) in [5.74, 6) is 0.849. The van der Waals surface area contributed by atoms with Crippen LogP contribution in [0.4, 0.5) is 0 Å². The average molecular weight is 209 g/mol. The zero-order chi connectivity index (χ0) is 10.8. The summed E-state index contributed by atoms with van der Waals surface area (Å²) in [6.07, 6.45) is 3.55. The molecule has 1 unspecified atom stereocenters. The molecule has 0 spiro atoms. The van der Waals surface area contributed by atoms with Crippen LogP contribution in [0.2, 0.25) is 0 Å². The summed E-state index contributed by atoms with van der Waals surface area (Å²) in [5, 5.41) is 0. The maximum absolute atomic E-state index is 11.4. The van der Waals surface area contributed by atoms with Crippen LogP contribution in [0.1, 0.15) is 17.9 Å². The summed E-state index contributed by atoms with van der Waals surface area (Å²) in [6.45, 7) is 1.11. The number of hydrogen-bond acceptors (Lipinski definition) is 4. The Morgan fingerprint density at radius 3 is 3.27 bits per heavy atom. The molecule has 2 heterocycles. The predicted molar refractivity (Wildman–Crippen MR) is 53.9 cm³/mol. The van der Waals surface area contributed by atoms with Crippen LogP contribution in [-0.2, 0) is 29.0 Å². The fraction of sp³-hybridized carbons (Fsp3) is 0.600. The van der Waals surface area contributed by atoms with Gasteiger partial charge in [-0.05, 0) is 6.42 Å². The van der Waals surface area contributed by atoms with Crippen LogP contribution >= 0.6 is 0 Å². The molecule has 0 saturated carbocycles. The minimum absolute atomic E-state index is 0.0395. The van der Waals surface area contributed by atoms with Gasteiger partial charge in [-0.25, -0.2) is 4.98 Å². The van der Waals surface area contributed by atoms with Crippen LogP contribution in [0.15, 0.2) is 6.20 Å². The molecule has 0 aromatic carbocycles. The third-order valence-corrected chi connectivity index (χ3v) is 2.79. The molecule has 0 bridgehead atoms. The number of nitrogens with zero attached hydrogens (tertiary/aromatic N) is 2. The van der Waals surface area contributed by atoms with E-state index in [1.54, 1.807) is 0 Å². The van der Waals surface area contributed by atoms with Crippen molar-refractivity contribution in [3.63, 3.8) is 0 Å². The molecule has 1 aliphatic rings. The number of rotatable bonds is 2. The van der Waals surface area contributed by atoms with Gasteiger partial charge in [0.1, 0.15) is 5.82 Å². The van der Waals surface area contributed by atoms with Crippen LogP contribution in [0.25, 0.3) is 0 Å². The van der Waals surface area contributed by atoms with Gasteiger partial charge in [0.2, 0.25) is 0 Å². The van der Waals surface area contributed by atoms with Gasteiger partial charge in [-0.3, -0.25) is 4.79 Å². The number of aryl methyl sites for hydroxylation is 1. The number of ether oxygens (including phenoxy) is 1. The second-order valence-electron chi connectivity index (χ2n) is 3.76. The number of imidazole rings is 1.